The van der Waals surface area contributed by atoms with Crippen molar-refractivity contribution in [3.63, 3.8) is 0 Å². The van der Waals surface area contributed by atoms with Gasteiger partial charge in [0.2, 0.25) is 5.91 Å². The number of carbonyl (C=O) groups excluding carboxylic acids is 1. The molecule has 1 aromatic carbocycles. The van der Waals surface area contributed by atoms with Crippen molar-refractivity contribution in [2.24, 2.45) is 0 Å². The lowest BCUT2D eigenvalue weighted by Crippen LogP contribution is -2.34. The molecule has 0 aliphatic heterocycles. The molecular formula is C20H27N3O2S. The van der Waals surface area contributed by atoms with Crippen LogP contribution in [0.4, 0.5) is 0 Å². The molecule has 0 saturated heterocycles. The summed E-state index contributed by atoms with van der Waals surface area (Å²) in [6, 6.07) is 10.6. The lowest BCUT2D eigenvalue weighted by molar-refractivity contribution is -0.129. The number of nitrogens with zero attached hydrogens (tertiary/aromatic N) is 3. The third-order valence-corrected chi connectivity index (χ3v) is 5.73. The minimum atomic E-state index is 0.193. The number of methoxy groups -OCH3 is 1. The molecule has 1 heterocycles. The van der Waals surface area contributed by atoms with Crippen LogP contribution in [0.5, 0.6) is 0 Å². The number of benzene rings is 1. The molecule has 0 radical (unpaired) electrons. The van der Waals surface area contributed by atoms with E-state index in [1.807, 2.05) is 30.0 Å². The molecule has 0 N–H and O–H groups in total. The van der Waals surface area contributed by atoms with Crippen LogP contribution in [-0.2, 0) is 22.6 Å². The first kappa shape index (κ1) is 19.0. The highest BCUT2D eigenvalue weighted by atomic mass is 32.2. The SMILES string of the molecule is COCCn1c(SCC(=O)N(Cc2ccccc2)C2CC2)nc(C)c1C. The van der Waals surface area contributed by atoms with Crippen LogP contribution in [0.2, 0.25) is 0 Å². The molecule has 0 unspecified atom stereocenters. The maximum Gasteiger partial charge on any atom is 0.233 e. The summed E-state index contributed by atoms with van der Waals surface area (Å²) in [6.07, 6.45) is 2.23. The number of amides is 1. The Morgan fingerprint density at radius 1 is 1.31 bits per heavy atom. The highest BCUT2D eigenvalue weighted by molar-refractivity contribution is 7.99. The van der Waals surface area contributed by atoms with E-state index in [1.165, 1.54) is 17.3 Å². The van der Waals surface area contributed by atoms with Gasteiger partial charge in [0.1, 0.15) is 0 Å². The Bertz CT molecular complexity index is 741. The average Bonchev–Trinajstić information content (AvgIpc) is 3.45. The second kappa shape index (κ2) is 8.73. The molecule has 5 nitrogen and oxygen atoms in total. The number of thioether (sulfide) groups is 1. The Hall–Kier alpha value is -1.79. The van der Waals surface area contributed by atoms with Crippen LogP contribution in [0.15, 0.2) is 35.5 Å². The van der Waals surface area contributed by atoms with E-state index >= 15 is 0 Å². The number of hydrogen-bond acceptors (Lipinski definition) is 4. The Kier molecular flexibility index (Phi) is 6.38. The quantitative estimate of drug-likeness (QED) is 0.632. The molecule has 0 atom stereocenters. The maximum absolute atomic E-state index is 12.9. The lowest BCUT2D eigenvalue weighted by atomic mass is 10.2. The summed E-state index contributed by atoms with van der Waals surface area (Å²) in [4.78, 5) is 19.5. The van der Waals surface area contributed by atoms with Crippen LogP contribution in [0.25, 0.3) is 0 Å². The largest absolute Gasteiger partial charge is 0.383 e. The first-order chi connectivity index (χ1) is 12.6. The van der Waals surface area contributed by atoms with Gasteiger partial charge in [0.25, 0.3) is 0 Å². The summed E-state index contributed by atoms with van der Waals surface area (Å²) in [7, 11) is 1.70. The first-order valence-corrected chi connectivity index (χ1v) is 10.1. The van der Waals surface area contributed by atoms with E-state index in [1.54, 1.807) is 7.11 Å². The molecule has 0 spiro atoms. The van der Waals surface area contributed by atoms with E-state index < -0.39 is 0 Å². The van der Waals surface area contributed by atoms with Crippen molar-refractivity contribution in [1.82, 2.24) is 14.5 Å². The van der Waals surface area contributed by atoms with Gasteiger partial charge in [-0.3, -0.25) is 4.79 Å². The van der Waals surface area contributed by atoms with Crippen molar-refractivity contribution in [3.05, 3.63) is 47.3 Å². The summed E-state index contributed by atoms with van der Waals surface area (Å²) in [5.41, 5.74) is 3.34. The lowest BCUT2D eigenvalue weighted by Gasteiger charge is -2.22. The Balaban J connectivity index is 1.64. The van der Waals surface area contributed by atoms with Gasteiger partial charge >= 0.3 is 0 Å². The number of aryl methyl sites for hydroxylation is 1. The number of imidazole rings is 1. The highest BCUT2D eigenvalue weighted by Gasteiger charge is 2.32. The van der Waals surface area contributed by atoms with Crippen LogP contribution in [0, 0.1) is 13.8 Å². The van der Waals surface area contributed by atoms with Crippen molar-refractivity contribution in [2.45, 2.75) is 51.0 Å². The number of carbonyl (C=O) groups is 1. The zero-order chi connectivity index (χ0) is 18.5. The fourth-order valence-corrected chi connectivity index (χ4v) is 3.98. The fourth-order valence-electron chi connectivity index (χ4n) is 2.98. The topological polar surface area (TPSA) is 47.4 Å². The van der Waals surface area contributed by atoms with Gasteiger partial charge in [-0.2, -0.15) is 0 Å². The highest BCUT2D eigenvalue weighted by Crippen LogP contribution is 2.30. The second-order valence-corrected chi connectivity index (χ2v) is 7.68. The average molecular weight is 374 g/mol. The fraction of sp³-hybridized carbons (Fsp3) is 0.500. The minimum Gasteiger partial charge on any atom is -0.383 e. The van der Waals surface area contributed by atoms with Crippen LogP contribution in [0.3, 0.4) is 0 Å². The van der Waals surface area contributed by atoms with Gasteiger partial charge in [0, 0.05) is 31.9 Å². The zero-order valence-corrected chi connectivity index (χ0v) is 16.6. The number of hydrogen-bond donors (Lipinski definition) is 0. The summed E-state index contributed by atoms with van der Waals surface area (Å²) >= 11 is 1.53. The van der Waals surface area contributed by atoms with Gasteiger partial charge in [0.05, 0.1) is 18.1 Å². The monoisotopic (exact) mass is 373 g/mol. The van der Waals surface area contributed by atoms with Crippen molar-refractivity contribution >= 4 is 17.7 Å². The number of rotatable bonds is 9. The molecule has 1 saturated carbocycles. The molecule has 26 heavy (non-hydrogen) atoms. The molecular weight excluding hydrogens is 346 g/mol. The molecule has 140 valence electrons. The van der Waals surface area contributed by atoms with Gasteiger partial charge < -0.3 is 14.2 Å². The molecule has 1 aliphatic rings. The first-order valence-electron chi connectivity index (χ1n) is 9.09. The van der Waals surface area contributed by atoms with E-state index in [4.69, 9.17) is 4.74 Å². The molecule has 1 amide bonds. The van der Waals surface area contributed by atoms with E-state index in [0.29, 0.717) is 24.9 Å². The Morgan fingerprint density at radius 2 is 2.04 bits per heavy atom. The zero-order valence-electron chi connectivity index (χ0n) is 15.8. The van der Waals surface area contributed by atoms with Crippen LogP contribution in [-0.4, -0.2) is 45.9 Å². The summed E-state index contributed by atoms with van der Waals surface area (Å²) in [5.74, 6) is 0.615. The van der Waals surface area contributed by atoms with Crippen molar-refractivity contribution in [3.8, 4) is 0 Å². The maximum atomic E-state index is 12.9. The van der Waals surface area contributed by atoms with Crippen molar-refractivity contribution < 1.29 is 9.53 Å². The standard InChI is InChI=1S/C20H27N3O2S/c1-15-16(2)22(11-12-25-3)20(21-15)26-14-19(24)23(18-9-10-18)13-17-7-5-4-6-8-17/h4-8,18H,9-14H2,1-3H3. The predicted octanol–water partition coefficient (Wildman–Crippen LogP) is 3.43. The molecule has 2 aromatic rings. The third kappa shape index (κ3) is 4.68. The number of aromatic nitrogens is 2. The number of ether oxygens (including phenoxy) is 1. The minimum absolute atomic E-state index is 0.193. The molecule has 1 fully saturated rings. The molecule has 0 bridgehead atoms. The molecule has 1 aromatic heterocycles. The van der Waals surface area contributed by atoms with E-state index in [0.717, 1.165) is 35.9 Å². The second-order valence-electron chi connectivity index (χ2n) is 6.74. The smallest absolute Gasteiger partial charge is 0.233 e. The van der Waals surface area contributed by atoms with Gasteiger partial charge in [-0.1, -0.05) is 42.1 Å². The Morgan fingerprint density at radius 3 is 2.69 bits per heavy atom. The molecule has 6 heteroatoms. The Labute approximate surface area is 159 Å². The van der Waals surface area contributed by atoms with Gasteiger partial charge in [0.15, 0.2) is 5.16 Å². The van der Waals surface area contributed by atoms with Crippen LogP contribution in [0.1, 0.15) is 29.8 Å². The summed E-state index contributed by atoms with van der Waals surface area (Å²) < 4.78 is 7.35. The molecule has 3 rings (SSSR count). The van der Waals surface area contributed by atoms with Gasteiger partial charge in [-0.15, -0.1) is 0 Å². The van der Waals surface area contributed by atoms with E-state index in [2.05, 4.69) is 28.6 Å². The van der Waals surface area contributed by atoms with Crippen molar-refractivity contribution in [2.75, 3.05) is 19.5 Å². The summed E-state index contributed by atoms with van der Waals surface area (Å²) in [6.45, 7) is 6.17. The van der Waals surface area contributed by atoms with E-state index in [9.17, 15) is 4.79 Å². The van der Waals surface area contributed by atoms with E-state index in [-0.39, 0.29) is 5.91 Å². The van der Waals surface area contributed by atoms with Crippen molar-refractivity contribution in [1.29, 1.82) is 0 Å². The van der Waals surface area contributed by atoms with Crippen LogP contribution >= 0.6 is 11.8 Å². The normalized spacial score (nSPS) is 13.8. The van der Waals surface area contributed by atoms with Gasteiger partial charge in [-0.05, 0) is 32.3 Å². The van der Waals surface area contributed by atoms with Gasteiger partial charge in [-0.25, -0.2) is 4.98 Å². The molecule has 1 aliphatic carbocycles. The van der Waals surface area contributed by atoms with Crippen LogP contribution < -0.4 is 0 Å². The predicted molar refractivity (Wildman–Crippen MR) is 104 cm³/mol. The third-order valence-electron chi connectivity index (χ3n) is 4.77. The summed E-state index contributed by atoms with van der Waals surface area (Å²) in [5, 5.41) is 0.904.